The molecule has 0 amide bonds. The van der Waals surface area contributed by atoms with Gasteiger partial charge in [-0.1, -0.05) is 41.1 Å². The molecule has 0 aliphatic heterocycles. The van der Waals surface area contributed by atoms with E-state index < -0.39 is 0 Å². The lowest BCUT2D eigenvalue weighted by molar-refractivity contribution is 0.368. The van der Waals surface area contributed by atoms with Crippen molar-refractivity contribution in [1.82, 2.24) is 0 Å². The third-order valence-electron chi connectivity index (χ3n) is 3.08. The first-order chi connectivity index (χ1) is 9.97. The SMILES string of the molecule is Cc1cc(C)c(C#CCOc2ccc(Cl)cc2Br)c(C)c1. The third kappa shape index (κ3) is 4.27. The second kappa shape index (κ2) is 7.02. The lowest BCUT2D eigenvalue weighted by atomic mass is 10.0. The van der Waals surface area contributed by atoms with Crippen molar-refractivity contribution in [2.24, 2.45) is 0 Å². The monoisotopic (exact) mass is 362 g/mol. The van der Waals surface area contributed by atoms with Crippen LogP contribution in [0.4, 0.5) is 0 Å². The first-order valence-electron chi connectivity index (χ1n) is 6.62. The van der Waals surface area contributed by atoms with Gasteiger partial charge in [0.1, 0.15) is 12.4 Å². The summed E-state index contributed by atoms with van der Waals surface area (Å²) in [5.41, 5.74) is 4.75. The zero-order chi connectivity index (χ0) is 15.4. The van der Waals surface area contributed by atoms with Crippen LogP contribution in [0.15, 0.2) is 34.8 Å². The number of hydrogen-bond acceptors (Lipinski definition) is 1. The molecular weight excluding hydrogens is 348 g/mol. The summed E-state index contributed by atoms with van der Waals surface area (Å²) in [6, 6.07) is 9.72. The second-order valence-corrected chi connectivity index (χ2v) is 6.23. The van der Waals surface area contributed by atoms with Crippen molar-refractivity contribution < 1.29 is 4.74 Å². The fraction of sp³-hybridized carbons (Fsp3) is 0.222. The van der Waals surface area contributed by atoms with Crippen LogP contribution < -0.4 is 4.74 Å². The minimum atomic E-state index is 0.340. The van der Waals surface area contributed by atoms with E-state index in [4.69, 9.17) is 16.3 Å². The smallest absolute Gasteiger partial charge is 0.149 e. The number of hydrogen-bond donors (Lipinski definition) is 0. The summed E-state index contributed by atoms with van der Waals surface area (Å²) >= 11 is 9.31. The standard InChI is InChI=1S/C18H16BrClO/c1-12-9-13(2)16(14(3)10-12)5-4-8-21-18-7-6-15(20)11-17(18)19/h6-7,9-11H,8H2,1-3H3. The summed E-state index contributed by atoms with van der Waals surface area (Å²) in [4.78, 5) is 0. The van der Waals surface area contributed by atoms with Crippen molar-refractivity contribution in [3.63, 3.8) is 0 Å². The highest BCUT2D eigenvalue weighted by molar-refractivity contribution is 9.10. The summed E-state index contributed by atoms with van der Waals surface area (Å²) in [7, 11) is 0. The first-order valence-corrected chi connectivity index (χ1v) is 7.79. The van der Waals surface area contributed by atoms with Crippen LogP contribution in [0.5, 0.6) is 5.75 Å². The van der Waals surface area contributed by atoms with E-state index in [0.29, 0.717) is 11.6 Å². The molecule has 2 rings (SSSR count). The van der Waals surface area contributed by atoms with Crippen molar-refractivity contribution in [3.05, 3.63) is 62.1 Å². The van der Waals surface area contributed by atoms with E-state index in [9.17, 15) is 0 Å². The Bertz CT molecular complexity index is 703. The van der Waals surface area contributed by atoms with Crippen molar-refractivity contribution in [2.75, 3.05) is 6.61 Å². The fourth-order valence-corrected chi connectivity index (χ4v) is 3.00. The lowest BCUT2D eigenvalue weighted by Gasteiger charge is -2.06. The van der Waals surface area contributed by atoms with Gasteiger partial charge in [-0.15, -0.1) is 0 Å². The molecule has 108 valence electrons. The van der Waals surface area contributed by atoms with E-state index in [1.807, 2.05) is 6.07 Å². The van der Waals surface area contributed by atoms with E-state index in [2.05, 4.69) is 60.7 Å². The van der Waals surface area contributed by atoms with Gasteiger partial charge in [0.2, 0.25) is 0 Å². The first kappa shape index (κ1) is 15.9. The molecule has 0 aliphatic carbocycles. The van der Waals surface area contributed by atoms with E-state index in [1.54, 1.807) is 12.1 Å². The van der Waals surface area contributed by atoms with Crippen molar-refractivity contribution in [3.8, 4) is 17.6 Å². The summed E-state index contributed by atoms with van der Waals surface area (Å²) in [6.45, 7) is 6.60. The quantitative estimate of drug-likeness (QED) is 0.644. The molecule has 0 fully saturated rings. The summed E-state index contributed by atoms with van der Waals surface area (Å²) in [5.74, 6) is 7.00. The highest BCUT2D eigenvalue weighted by Gasteiger charge is 2.02. The molecule has 0 radical (unpaired) electrons. The van der Waals surface area contributed by atoms with Gasteiger partial charge in [-0.2, -0.15) is 0 Å². The number of aryl methyl sites for hydroxylation is 3. The number of rotatable bonds is 2. The van der Waals surface area contributed by atoms with Gasteiger partial charge in [0.15, 0.2) is 0 Å². The molecule has 0 saturated heterocycles. The zero-order valence-electron chi connectivity index (χ0n) is 12.3. The Labute approximate surface area is 139 Å². The average molecular weight is 364 g/mol. The minimum absolute atomic E-state index is 0.340. The summed E-state index contributed by atoms with van der Waals surface area (Å²) < 4.78 is 6.47. The molecule has 1 nitrogen and oxygen atoms in total. The van der Waals surface area contributed by atoms with Gasteiger partial charge >= 0.3 is 0 Å². The van der Waals surface area contributed by atoms with Crippen LogP contribution in [-0.4, -0.2) is 6.61 Å². The van der Waals surface area contributed by atoms with E-state index in [0.717, 1.165) is 15.8 Å². The highest BCUT2D eigenvalue weighted by atomic mass is 79.9. The zero-order valence-corrected chi connectivity index (χ0v) is 14.6. The molecule has 2 aromatic carbocycles. The largest absolute Gasteiger partial charge is 0.480 e. The van der Waals surface area contributed by atoms with Crippen LogP contribution in [0.25, 0.3) is 0 Å². The Morgan fingerprint density at radius 1 is 1.10 bits per heavy atom. The Hall–Kier alpha value is -1.43. The molecule has 0 aromatic heterocycles. The molecule has 0 heterocycles. The summed E-state index contributed by atoms with van der Waals surface area (Å²) in [6.07, 6.45) is 0. The molecule has 0 bridgehead atoms. The maximum atomic E-state index is 5.89. The van der Waals surface area contributed by atoms with Crippen molar-refractivity contribution in [1.29, 1.82) is 0 Å². The van der Waals surface area contributed by atoms with Crippen LogP contribution in [0.2, 0.25) is 5.02 Å². The molecule has 3 heteroatoms. The van der Waals surface area contributed by atoms with Gasteiger partial charge in [-0.25, -0.2) is 0 Å². The predicted octanol–water partition coefficient (Wildman–Crippen LogP) is 5.46. The Kier molecular flexibility index (Phi) is 5.33. The van der Waals surface area contributed by atoms with Gasteiger partial charge < -0.3 is 4.74 Å². The molecule has 0 N–H and O–H groups in total. The van der Waals surface area contributed by atoms with Crippen molar-refractivity contribution >= 4 is 27.5 Å². The molecule has 0 aliphatic rings. The molecule has 2 aromatic rings. The Balaban J connectivity index is 2.08. The topological polar surface area (TPSA) is 9.23 Å². The molecular formula is C18H16BrClO. The van der Waals surface area contributed by atoms with Crippen LogP contribution >= 0.6 is 27.5 Å². The number of benzene rings is 2. The van der Waals surface area contributed by atoms with Crippen LogP contribution in [-0.2, 0) is 0 Å². The van der Waals surface area contributed by atoms with Gasteiger partial charge in [-0.3, -0.25) is 0 Å². The second-order valence-electron chi connectivity index (χ2n) is 4.94. The van der Waals surface area contributed by atoms with Gasteiger partial charge in [-0.05, 0) is 66.0 Å². The van der Waals surface area contributed by atoms with Gasteiger partial charge in [0.25, 0.3) is 0 Å². The third-order valence-corrected chi connectivity index (χ3v) is 3.94. The van der Waals surface area contributed by atoms with Gasteiger partial charge in [0.05, 0.1) is 4.47 Å². The minimum Gasteiger partial charge on any atom is -0.480 e. The number of ether oxygens (including phenoxy) is 1. The van der Waals surface area contributed by atoms with Gasteiger partial charge in [0, 0.05) is 10.6 Å². The van der Waals surface area contributed by atoms with E-state index >= 15 is 0 Å². The Morgan fingerprint density at radius 3 is 2.38 bits per heavy atom. The molecule has 0 atom stereocenters. The maximum absolute atomic E-state index is 5.89. The fourth-order valence-electron chi connectivity index (χ4n) is 2.21. The van der Waals surface area contributed by atoms with Crippen LogP contribution in [0.1, 0.15) is 22.3 Å². The highest BCUT2D eigenvalue weighted by Crippen LogP contribution is 2.27. The Morgan fingerprint density at radius 2 is 1.76 bits per heavy atom. The molecule has 21 heavy (non-hydrogen) atoms. The maximum Gasteiger partial charge on any atom is 0.149 e. The van der Waals surface area contributed by atoms with E-state index in [-0.39, 0.29) is 0 Å². The van der Waals surface area contributed by atoms with Crippen molar-refractivity contribution in [2.45, 2.75) is 20.8 Å². The lowest BCUT2D eigenvalue weighted by Crippen LogP contribution is -1.96. The molecule has 0 unspecified atom stereocenters. The summed E-state index contributed by atoms with van der Waals surface area (Å²) in [5, 5.41) is 0.672. The van der Waals surface area contributed by atoms with Crippen LogP contribution in [0, 0.1) is 32.6 Å². The molecule has 0 saturated carbocycles. The molecule has 0 spiro atoms. The normalized spacial score (nSPS) is 9.95. The predicted molar refractivity (Wildman–Crippen MR) is 92.2 cm³/mol. The van der Waals surface area contributed by atoms with Crippen LogP contribution in [0.3, 0.4) is 0 Å². The average Bonchev–Trinajstić information content (AvgIpc) is 2.38. The number of halogens is 2. The van der Waals surface area contributed by atoms with E-state index in [1.165, 1.54) is 16.7 Å².